The van der Waals surface area contributed by atoms with Crippen LogP contribution < -0.4 is 5.32 Å². The highest BCUT2D eigenvalue weighted by atomic mass is 19.4. The number of carbonyl (C=O) groups is 1. The standard InChI is InChI=1S/C6H7F3N2O2/c1-11-3(6(7,8)9)2-4(12)10-5(11)13/h2,4,12H,1H3,(H,10,13). The third kappa shape index (κ3) is 1.92. The maximum atomic E-state index is 12.1. The molecule has 0 saturated heterocycles. The van der Waals surface area contributed by atoms with Gasteiger partial charge in [-0.05, 0) is 6.08 Å². The summed E-state index contributed by atoms with van der Waals surface area (Å²) in [5.41, 5.74) is -1.16. The third-order valence-corrected chi connectivity index (χ3v) is 1.54. The van der Waals surface area contributed by atoms with Crippen molar-refractivity contribution in [2.24, 2.45) is 0 Å². The van der Waals surface area contributed by atoms with Crippen LogP contribution in [0.5, 0.6) is 0 Å². The molecule has 2 N–H and O–H groups in total. The minimum Gasteiger partial charge on any atom is -0.370 e. The lowest BCUT2D eigenvalue weighted by atomic mass is 10.3. The second-order valence-corrected chi connectivity index (χ2v) is 2.50. The molecular formula is C6H7F3N2O2. The molecule has 1 unspecified atom stereocenters. The molecule has 1 heterocycles. The van der Waals surface area contributed by atoms with Crippen molar-refractivity contribution < 1.29 is 23.1 Å². The molecule has 1 aliphatic heterocycles. The van der Waals surface area contributed by atoms with E-state index in [1.165, 1.54) is 0 Å². The summed E-state index contributed by atoms with van der Waals surface area (Å²) < 4.78 is 36.4. The van der Waals surface area contributed by atoms with Gasteiger partial charge in [0.25, 0.3) is 0 Å². The SMILES string of the molecule is CN1C(=O)NC(O)C=C1C(F)(F)F. The van der Waals surface area contributed by atoms with Crippen molar-refractivity contribution in [3.05, 3.63) is 11.8 Å². The highest BCUT2D eigenvalue weighted by molar-refractivity contribution is 5.77. The van der Waals surface area contributed by atoms with Gasteiger partial charge in [-0.25, -0.2) is 4.79 Å². The van der Waals surface area contributed by atoms with E-state index in [1.54, 1.807) is 0 Å². The first-order valence-corrected chi connectivity index (χ1v) is 3.33. The van der Waals surface area contributed by atoms with Crippen molar-refractivity contribution >= 4 is 6.03 Å². The van der Waals surface area contributed by atoms with Crippen LogP contribution in [0.4, 0.5) is 18.0 Å². The lowest BCUT2D eigenvalue weighted by molar-refractivity contribution is -0.108. The number of nitrogens with zero attached hydrogens (tertiary/aromatic N) is 1. The Labute approximate surface area is 71.6 Å². The van der Waals surface area contributed by atoms with Gasteiger partial charge >= 0.3 is 12.2 Å². The number of nitrogens with one attached hydrogen (secondary N) is 1. The van der Waals surface area contributed by atoms with Gasteiger partial charge in [-0.2, -0.15) is 13.2 Å². The Morgan fingerprint density at radius 2 is 2.15 bits per heavy atom. The van der Waals surface area contributed by atoms with Gasteiger partial charge in [0.1, 0.15) is 11.9 Å². The Balaban J connectivity index is 3.00. The fraction of sp³-hybridized carbons (Fsp3) is 0.500. The van der Waals surface area contributed by atoms with E-state index >= 15 is 0 Å². The largest absolute Gasteiger partial charge is 0.431 e. The van der Waals surface area contributed by atoms with E-state index in [0.717, 1.165) is 7.05 Å². The Hall–Kier alpha value is -1.24. The van der Waals surface area contributed by atoms with Crippen LogP contribution in [-0.4, -0.2) is 35.5 Å². The maximum absolute atomic E-state index is 12.1. The molecule has 1 rings (SSSR count). The molecule has 0 aromatic rings. The van der Waals surface area contributed by atoms with E-state index in [0.29, 0.717) is 11.0 Å². The van der Waals surface area contributed by atoms with Gasteiger partial charge in [0.2, 0.25) is 0 Å². The molecule has 0 aliphatic carbocycles. The molecule has 4 nitrogen and oxygen atoms in total. The van der Waals surface area contributed by atoms with Crippen molar-refractivity contribution in [2.45, 2.75) is 12.4 Å². The lowest BCUT2D eigenvalue weighted by Crippen LogP contribution is -2.49. The summed E-state index contributed by atoms with van der Waals surface area (Å²) in [6, 6.07) is -0.984. The van der Waals surface area contributed by atoms with E-state index in [2.05, 4.69) is 0 Å². The summed E-state index contributed by atoms with van der Waals surface area (Å²) in [6.07, 6.45) is -5.69. The van der Waals surface area contributed by atoms with E-state index in [-0.39, 0.29) is 0 Å². The van der Waals surface area contributed by atoms with Crippen molar-refractivity contribution in [1.82, 2.24) is 10.2 Å². The molecule has 74 valence electrons. The van der Waals surface area contributed by atoms with Crippen LogP contribution in [-0.2, 0) is 0 Å². The molecular weight excluding hydrogens is 189 g/mol. The Morgan fingerprint density at radius 3 is 2.62 bits per heavy atom. The first kappa shape index (κ1) is 9.85. The Bertz CT molecular complexity index is 261. The van der Waals surface area contributed by atoms with Crippen LogP contribution in [0.3, 0.4) is 0 Å². The Morgan fingerprint density at radius 1 is 1.62 bits per heavy atom. The molecule has 0 bridgehead atoms. The topological polar surface area (TPSA) is 52.6 Å². The number of hydrogen-bond acceptors (Lipinski definition) is 2. The van der Waals surface area contributed by atoms with Gasteiger partial charge in [0.15, 0.2) is 0 Å². The monoisotopic (exact) mass is 196 g/mol. The normalized spacial score (nSPS) is 24.1. The van der Waals surface area contributed by atoms with Crippen LogP contribution in [0.15, 0.2) is 11.8 Å². The molecule has 1 aliphatic rings. The van der Waals surface area contributed by atoms with Gasteiger partial charge in [-0.1, -0.05) is 0 Å². The van der Waals surface area contributed by atoms with Crippen molar-refractivity contribution in [3.63, 3.8) is 0 Å². The molecule has 0 saturated carbocycles. The molecule has 1 atom stereocenters. The van der Waals surface area contributed by atoms with Crippen molar-refractivity contribution in [1.29, 1.82) is 0 Å². The van der Waals surface area contributed by atoms with E-state index in [1.807, 2.05) is 5.32 Å². The lowest BCUT2D eigenvalue weighted by Gasteiger charge is -2.28. The zero-order valence-electron chi connectivity index (χ0n) is 6.59. The van der Waals surface area contributed by atoms with Crippen LogP contribution in [0.2, 0.25) is 0 Å². The summed E-state index contributed by atoms with van der Waals surface area (Å²) in [4.78, 5) is 11.2. The summed E-state index contributed by atoms with van der Waals surface area (Å²) in [7, 11) is 0.973. The average Bonchev–Trinajstić information content (AvgIpc) is 1.94. The number of rotatable bonds is 0. The van der Waals surface area contributed by atoms with Crippen LogP contribution >= 0.6 is 0 Å². The summed E-state index contributed by atoms with van der Waals surface area (Å²) in [5.74, 6) is 0. The third-order valence-electron chi connectivity index (χ3n) is 1.54. The zero-order chi connectivity index (χ0) is 10.2. The number of urea groups is 1. The van der Waals surface area contributed by atoms with E-state index in [9.17, 15) is 18.0 Å². The highest BCUT2D eigenvalue weighted by Gasteiger charge is 2.41. The molecule has 0 spiro atoms. The smallest absolute Gasteiger partial charge is 0.370 e. The fourth-order valence-corrected chi connectivity index (χ4v) is 0.920. The number of aliphatic hydroxyl groups is 1. The summed E-state index contributed by atoms with van der Waals surface area (Å²) in [5, 5.41) is 10.7. The maximum Gasteiger partial charge on any atom is 0.431 e. The number of aliphatic hydroxyl groups excluding tert-OH is 1. The predicted molar refractivity (Wildman–Crippen MR) is 36.4 cm³/mol. The molecule has 2 amide bonds. The molecule has 0 radical (unpaired) electrons. The first-order chi connectivity index (χ1) is 5.82. The second kappa shape index (κ2) is 2.91. The van der Waals surface area contributed by atoms with Crippen molar-refractivity contribution in [2.75, 3.05) is 7.05 Å². The average molecular weight is 196 g/mol. The molecule has 0 fully saturated rings. The fourth-order valence-electron chi connectivity index (χ4n) is 0.920. The zero-order valence-corrected chi connectivity index (χ0v) is 6.59. The summed E-state index contributed by atoms with van der Waals surface area (Å²) >= 11 is 0. The number of allylic oxidation sites excluding steroid dienone is 1. The van der Waals surface area contributed by atoms with Crippen molar-refractivity contribution in [3.8, 4) is 0 Å². The Kier molecular flexibility index (Phi) is 2.21. The molecule has 13 heavy (non-hydrogen) atoms. The van der Waals surface area contributed by atoms with E-state index < -0.39 is 24.1 Å². The number of amides is 2. The van der Waals surface area contributed by atoms with Gasteiger partial charge < -0.3 is 10.4 Å². The minimum absolute atomic E-state index is 0.396. The van der Waals surface area contributed by atoms with Gasteiger partial charge in [-0.15, -0.1) is 0 Å². The molecule has 7 heteroatoms. The van der Waals surface area contributed by atoms with Gasteiger partial charge in [0.05, 0.1) is 0 Å². The highest BCUT2D eigenvalue weighted by Crippen LogP contribution is 2.29. The van der Waals surface area contributed by atoms with Crippen LogP contribution in [0, 0.1) is 0 Å². The second-order valence-electron chi connectivity index (χ2n) is 2.50. The quantitative estimate of drug-likeness (QED) is 0.589. The number of alkyl halides is 3. The minimum atomic E-state index is -4.63. The number of hydrogen-bond donors (Lipinski definition) is 2. The van der Waals surface area contributed by atoms with Crippen LogP contribution in [0.25, 0.3) is 0 Å². The number of halogens is 3. The first-order valence-electron chi connectivity index (χ1n) is 3.33. The van der Waals surface area contributed by atoms with Gasteiger partial charge in [0, 0.05) is 7.05 Å². The predicted octanol–water partition coefficient (Wildman–Crippen LogP) is 0.406. The van der Waals surface area contributed by atoms with Crippen LogP contribution in [0.1, 0.15) is 0 Å². The summed E-state index contributed by atoms with van der Waals surface area (Å²) in [6.45, 7) is 0. The molecule has 0 aromatic carbocycles. The molecule has 0 aromatic heterocycles. The van der Waals surface area contributed by atoms with Gasteiger partial charge in [-0.3, -0.25) is 4.90 Å². The number of carbonyl (C=O) groups excluding carboxylic acids is 1. The van der Waals surface area contributed by atoms with E-state index in [4.69, 9.17) is 5.11 Å².